The summed E-state index contributed by atoms with van der Waals surface area (Å²) in [6.45, 7) is 0. The first kappa shape index (κ1) is 10.1. The normalized spacial score (nSPS) is 11.1. The van der Waals surface area contributed by atoms with Gasteiger partial charge < -0.3 is 0 Å². The Bertz CT molecular complexity index is 659. The molecule has 0 atom stereocenters. The van der Waals surface area contributed by atoms with Crippen LogP contribution in [-0.4, -0.2) is 0 Å². The summed E-state index contributed by atoms with van der Waals surface area (Å²) in [4.78, 5) is 1.21. The number of thiol groups is 1. The third-order valence-corrected chi connectivity index (χ3v) is 3.99. The van der Waals surface area contributed by atoms with E-state index in [1.54, 1.807) is 0 Å². The SMILES string of the molecule is SSc1cccc2c1ccc1ccccc12. The Morgan fingerprint density at radius 3 is 2.38 bits per heavy atom. The Hall–Kier alpha value is -1.12. The van der Waals surface area contributed by atoms with Gasteiger partial charge in [-0.25, -0.2) is 0 Å². The van der Waals surface area contributed by atoms with E-state index >= 15 is 0 Å². The molecule has 78 valence electrons. The molecule has 3 rings (SSSR count). The van der Waals surface area contributed by atoms with Crippen LogP contribution in [0.4, 0.5) is 0 Å². The lowest BCUT2D eigenvalue weighted by Gasteiger charge is -2.06. The summed E-state index contributed by atoms with van der Waals surface area (Å²) in [6.07, 6.45) is 0. The smallest absolute Gasteiger partial charge is 0.0259 e. The van der Waals surface area contributed by atoms with Crippen molar-refractivity contribution in [1.82, 2.24) is 0 Å². The lowest BCUT2D eigenvalue weighted by Crippen LogP contribution is -1.79. The van der Waals surface area contributed by atoms with E-state index in [9.17, 15) is 0 Å². The number of hydrogen-bond donors (Lipinski definition) is 1. The van der Waals surface area contributed by atoms with E-state index in [1.165, 1.54) is 37.2 Å². The second-order valence-electron chi connectivity index (χ2n) is 3.73. The maximum Gasteiger partial charge on any atom is 0.0259 e. The van der Waals surface area contributed by atoms with Crippen LogP contribution in [0, 0.1) is 0 Å². The Labute approximate surface area is 103 Å². The molecule has 2 heteroatoms. The highest BCUT2D eigenvalue weighted by molar-refractivity contribution is 8.68. The first-order valence-corrected chi connectivity index (χ1v) is 6.99. The van der Waals surface area contributed by atoms with Gasteiger partial charge in [-0.05, 0) is 27.6 Å². The molecule has 0 heterocycles. The molecule has 3 aromatic rings. The molecular weight excluding hydrogens is 232 g/mol. The standard InChI is InChI=1S/C14H10S2/c15-16-14-7-3-6-12-11-5-2-1-4-10(11)8-9-13(12)14/h1-9,15H. The number of fused-ring (bicyclic) bond motifs is 3. The molecule has 0 unspecified atom stereocenters. The van der Waals surface area contributed by atoms with Gasteiger partial charge in [0.25, 0.3) is 0 Å². The lowest BCUT2D eigenvalue weighted by molar-refractivity contribution is 1.57. The minimum atomic E-state index is 1.21. The molecule has 0 aliphatic heterocycles. The monoisotopic (exact) mass is 242 g/mol. The van der Waals surface area contributed by atoms with Crippen molar-refractivity contribution in [2.75, 3.05) is 0 Å². The molecule has 16 heavy (non-hydrogen) atoms. The van der Waals surface area contributed by atoms with E-state index in [0.29, 0.717) is 0 Å². The van der Waals surface area contributed by atoms with Crippen molar-refractivity contribution in [2.45, 2.75) is 4.90 Å². The van der Waals surface area contributed by atoms with E-state index in [4.69, 9.17) is 0 Å². The molecule has 0 bridgehead atoms. The summed E-state index contributed by atoms with van der Waals surface area (Å²) in [5, 5.41) is 5.18. The van der Waals surface area contributed by atoms with E-state index in [1.807, 2.05) is 0 Å². The first-order valence-electron chi connectivity index (χ1n) is 5.12. The molecule has 0 aromatic heterocycles. The van der Waals surface area contributed by atoms with E-state index in [-0.39, 0.29) is 0 Å². The zero-order valence-corrected chi connectivity index (χ0v) is 10.3. The molecular formula is C14H10S2. The van der Waals surface area contributed by atoms with Gasteiger partial charge in [0.2, 0.25) is 0 Å². The predicted octanol–water partition coefficient (Wildman–Crippen LogP) is 4.93. The molecule has 0 amide bonds. The highest BCUT2D eigenvalue weighted by atomic mass is 33.1. The fourth-order valence-corrected chi connectivity index (χ4v) is 2.98. The summed E-state index contributed by atoms with van der Waals surface area (Å²) in [5.74, 6) is 0. The number of benzene rings is 3. The van der Waals surface area contributed by atoms with Crippen molar-refractivity contribution in [2.24, 2.45) is 0 Å². The third kappa shape index (κ3) is 1.49. The largest absolute Gasteiger partial charge is 0.106 e. The highest BCUT2D eigenvalue weighted by Gasteiger charge is 2.03. The predicted molar refractivity (Wildman–Crippen MR) is 76.3 cm³/mol. The molecule has 0 aliphatic rings. The van der Waals surface area contributed by atoms with Gasteiger partial charge in [0.05, 0.1) is 0 Å². The number of rotatable bonds is 1. The van der Waals surface area contributed by atoms with Crippen LogP contribution in [0.5, 0.6) is 0 Å². The average molecular weight is 242 g/mol. The fourth-order valence-electron chi connectivity index (χ4n) is 2.09. The van der Waals surface area contributed by atoms with E-state index in [2.05, 4.69) is 66.3 Å². The van der Waals surface area contributed by atoms with Crippen LogP contribution in [0.2, 0.25) is 0 Å². The maximum atomic E-state index is 4.30. The second-order valence-corrected chi connectivity index (χ2v) is 4.90. The Kier molecular flexibility index (Phi) is 2.54. The van der Waals surface area contributed by atoms with Crippen LogP contribution in [0.3, 0.4) is 0 Å². The van der Waals surface area contributed by atoms with Gasteiger partial charge in [0.15, 0.2) is 0 Å². The average Bonchev–Trinajstić information content (AvgIpc) is 2.37. The summed E-state index contributed by atoms with van der Waals surface area (Å²) < 4.78 is 0. The molecule has 0 nitrogen and oxygen atoms in total. The lowest BCUT2D eigenvalue weighted by atomic mass is 10.0. The summed E-state index contributed by atoms with van der Waals surface area (Å²) in [6, 6.07) is 19.2. The molecule has 0 spiro atoms. The Balaban J connectivity index is 2.52. The van der Waals surface area contributed by atoms with Crippen molar-refractivity contribution < 1.29 is 0 Å². The van der Waals surface area contributed by atoms with Gasteiger partial charge in [-0.1, -0.05) is 59.3 Å². The van der Waals surface area contributed by atoms with Gasteiger partial charge in [-0.2, -0.15) is 0 Å². The number of hydrogen-bond acceptors (Lipinski definition) is 2. The van der Waals surface area contributed by atoms with Crippen LogP contribution in [-0.2, 0) is 0 Å². The van der Waals surface area contributed by atoms with E-state index in [0.717, 1.165) is 0 Å². The van der Waals surface area contributed by atoms with Crippen molar-refractivity contribution in [3.05, 3.63) is 54.6 Å². The van der Waals surface area contributed by atoms with Gasteiger partial charge in [0.1, 0.15) is 0 Å². The molecule has 0 fully saturated rings. The molecule has 3 aromatic carbocycles. The summed E-state index contributed by atoms with van der Waals surface area (Å²) >= 11 is 4.30. The van der Waals surface area contributed by atoms with Crippen molar-refractivity contribution in [1.29, 1.82) is 0 Å². The molecule has 0 radical (unpaired) electrons. The fraction of sp³-hybridized carbons (Fsp3) is 0. The second kappa shape index (κ2) is 4.04. The minimum Gasteiger partial charge on any atom is -0.106 e. The summed E-state index contributed by atoms with van der Waals surface area (Å²) in [5.41, 5.74) is 0. The summed E-state index contributed by atoms with van der Waals surface area (Å²) in [7, 11) is 1.50. The van der Waals surface area contributed by atoms with Gasteiger partial charge in [-0.15, -0.1) is 11.7 Å². The molecule has 0 aliphatic carbocycles. The topological polar surface area (TPSA) is 0 Å². The van der Waals surface area contributed by atoms with Crippen LogP contribution < -0.4 is 0 Å². The first-order chi connectivity index (χ1) is 7.90. The van der Waals surface area contributed by atoms with Gasteiger partial charge in [0, 0.05) is 4.90 Å². The highest BCUT2D eigenvalue weighted by Crippen LogP contribution is 2.33. The Morgan fingerprint density at radius 2 is 1.50 bits per heavy atom. The zero-order chi connectivity index (χ0) is 11.0. The van der Waals surface area contributed by atoms with Gasteiger partial charge in [-0.3, -0.25) is 0 Å². The van der Waals surface area contributed by atoms with Crippen LogP contribution in [0.25, 0.3) is 21.5 Å². The van der Waals surface area contributed by atoms with Crippen molar-refractivity contribution in [3.63, 3.8) is 0 Å². The van der Waals surface area contributed by atoms with Crippen LogP contribution in [0.15, 0.2) is 59.5 Å². The zero-order valence-electron chi connectivity index (χ0n) is 8.55. The molecule has 0 saturated heterocycles. The van der Waals surface area contributed by atoms with Crippen molar-refractivity contribution >= 4 is 44.0 Å². The molecule has 0 N–H and O–H groups in total. The van der Waals surface area contributed by atoms with Crippen molar-refractivity contribution in [3.8, 4) is 0 Å². The molecule has 0 saturated carbocycles. The minimum absolute atomic E-state index is 1.21. The van der Waals surface area contributed by atoms with E-state index < -0.39 is 0 Å². The van der Waals surface area contributed by atoms with Crippen LogP contribution in [0.1, 0.15) is 0 Å². The third-order valence-electron chi connectivity index (χ3n) is 2.84. The van der Waals surface area contributed by atoms with Crippen LogP contribution >= 0.6 is 22.5 Å². The van der Waals surface area contributed by atoms with Gasteiger partial charge >= 0.3 is 0 Å². The Morgan fingerprint density at radius 1 is 0.688 bits per heavy atom. The maximum absolute atomic E-state index is 4.30. The quantitative estimate of drug-likeness (QED) is 0.358.